The zero-order valence-electron chi connectivity index (χ0n) is 19.1. The Labute approximate surface area is 206 Å². The molecule has 1 aliphatic heterocycles. The molecule has 0 saturated heterocycles. The Kier molecular flexibility index (Phi) is 7.08. The van der Waals surface area contributed by atoms with Gasteiger partial charge in [0.05, 0.1) is 11.4 Å². The molecule has 1 amide bonds. The number of fused-ring (bicyclic) bond motifs is 1. The molecule has 0 aliphatic carbocycles. The Morgan fingerprint density at radius 1 is 1.09 bits per heavy atom. The molecule has 0 radical (unpaired) electrons. The average Bonchev–Trinajstić information content (AvgIpc) is 3.13. The lowest BCUT2D eigenvalue weighted by molar-refractivity contribution is -0.137. The number of nitrogens with zero attached hydrogens (tertiary/aromatic N) is 1. The van der Waals surface area contributed by atoms with Crippen molar-refractivity contribution in [3.63, 3.8) is 0 Å². The van der Waals surface area contributed by atoms with Gasteiger partial charge in [0.25, 0.3) is 5.91 Å². The lowest BCUT2D eigenvalue weighted by atomic mass is 9.91. The van der Waals surface area contributed by atoms with E-state index < -0.39 is 23.2 Å². The molecule has 3 aromatic carbocycles. The smallest absolute Gasteiger partial charge is 0.305 e. The van der Waals surface area contributed by atoms with Crippen LogP contribution in [0.15, 0.2) is 60.7 Å². The Bertz CT molecular complexity index is 1280. The predicted octanol–water partition coefficient (Wildman–Crippen LogP) is 5.67. The summed E-state index contributed by atoms with van der Waals surface area (Å²) in [4.78, 5) is 25.9. The first kappa shape index (κ1) is 24.7. The predicted molar refractivity (Wildman–Crippen MR) is 128 cm³/mol. The molecule has 1 unspecified atom stereocenters. The number of carbonyl (C=O) groups is 2. The molecule has 3 aromatic rings. The fraction of sp³-hybridized carbons (Fsp3) is 0.259. The van der Waals surface area contributed by atoms with Crippen molar-refractivity contribution in [3.8, 4) is 5.75 Å². The highest BCUT2D eigenvalue weighted by Gasteiger charge is 2.35. The summed E-state index contributed by atoms with van der Waals surface area (Å²) in [5.74, 6) is -1.63. The molecule has 0 aromatic heterocycles. The Hall–Kier alpha value is -3.45. The van der Waals surface area contributed by atoms with E-state index >= 15 is 0 Å². The third kappa shape index (κ3) is 5.98. The third-order valence-electron chi connectivity index (χ3n) is 5.94. The minimum atomic E-state index is -1.03. The molecule has 1 aliphatic rings. The van der Waals surface area contributed by atoms with Gasteiger partial charge in [0.1, 0.15) is 23.0 Å². The topological polar surface area (TPSA) is 66.8 Å². The van der Waals surface area contributed by atoms with Gasteiger partial charge in [-0.3, -0.25) is 9.59 Å². The van der Waals surface area contributed by atoms with E-state index in [2.05, 4.69) is 0 Å². The molecule has 1 atom stereocenters. The van der Waals surface area contributed by atoms with Crippen LogP contribution in [-0.4, -0.2) is 34.0 Å². The summed E-state index contributed by atoms with van der Waals surface area (Å²) in [5, 5.41) is 9.17. The number of rotatable bonds is 8. The number of carboxylic acids is 1. The zero-order chi connectivity index (χ0) is 25.2. The van der Waals surface area contributed by atoms with Gasteiger partial charge in [0, 0.05) is 31.5 Å². The van der Waals surface area contributed by atoms with Crippen LogP contribution < -0.4 is 4.74 Å². The summed E-state index contributed by atoms with van der Waals surface area (Å²) in [6.07, 6.45) is 0.792. The molecular formula is C27H24ClF2NO4. The zero-order valence-corrected chi connectivity index (χ0v) is 19.8. The van der Waals surface area contributed by atoms with E-state index in [1.807, 2.05) is 6.92 Å². The van der Waals surface area contributed by atoms with Crippen LogP contribution in [0.3, 0.4) is 0 Å². The number of hydrogen-bond acceptors (Lipinski definition) is 3. The number of carbonyl (C=O) groups excluding carboxylic acids is 1. The SMILES string of the molecule is CC1(Cc2ccc(F)c(Cl)c2)Cc2cc(C(=O)N(CCC(=O)O)Cc3cccc(F)c3)ccc2O1. The molecule has 182 valence electrons. The van der Waals surface area contributed by atoms with Crippen LogP contribution in [-0.2, 0) is 24.2 Å². The number of hydrogen-bond donors (Lipinski definition) is 1. The Balaban J connectivity index is 1.53. The summed E-state index contributed by atoms with van der Waals surface area (Å²) in [5.41, 5.74) is 2.03. The first-order valence-corrected chi connectivity index (χ1v) is 11.5. The second-order valence-electron chi connectivity index (χ2n) is 8.98. The molecule has 4 rings (SSSR count). The van der Waals surface area contributed by atoms with E-state index in [4.69, 9.17) is 21.4 Å². The van der Waals surface area contributed by atoms with Crippen molar-refractivity contribution in [2.45, 2.75) is 38.3 Å². The van der Waals surface area contributed by atoms with E-state index in [1.54, 1.807) is 42.5 Å². The number of aliphatic carboxylic acids is 1. The van der Waals surface area contributed by atoms with Crippen LogP contribution >= 0.6 is 11.6 Å². The second kappa shape index (κ2) is 10.0. The number of benzene rings is 3. The highest BCUT2D eigenvalue weighted by molar-refractivity contribution is 6.30. The molecule has 1 heterocycles. The number of ether oxygens (including phenoxy) is 1. The summed E-state index contributed by atoms with van der Waals surface area (Å²) >= 11 is 5.92. The monoisotopic (exact) mass is 499 g/mol. The van der Waals surface area contributed by atoms with Crippen LogP contribution in [0, 0.1) is 11.6 Å². The van der Waals surface area contributed by atoms with Crippen molar-refractivity contribution in [2.24, 2.45) is 0 Å². The van der Waals surface area contributed by atoms with Gasteiger partial charge in [-0.05, 0) is 66.1 Å². The maximum absolute atomic E-state index is 13.6. The largest absolute Gasteiger partial charge is 0.487 e. The molecule has 0 fully saturated rings. The first-order chi connectivity index (χ1) is 16.6. The molecule has 0 bridgehead atoms. The minimum absolute atomic E-state index is 0.0126. The van der Waals surface area contributed by atoms with Crippen LogP contribution in [0.2, 0.25) is 5.02 Å². The standard InChI is InChI=1S/C27H24ClF2NO4/c1-27(14-17-5-7-23(30)22(28)12-17)15-20-13-19(6-8-24(20)35-27)26(34)31(10-9-25(32)33)16-18-3-2-4-21(29)11-18/h2-8,11-13H,9-10,14-16H2,1H3,(H,32,33). The van der Waals surface area contributed by atoms with Gasteiger partial charge in [0.15, 0.2) is 0 Å². The van der Waals surface area contributed by atoms with Crippen molar-refractivity contribution in [3.05, 3.63) is 99.6 Å². The van der Waals surface area contributed by atoms with Crippen molar-refractivity contribution in [1.82, 2.24) is 4.90 Å². The van der Waals surface area contributed by atoms with E-state index in [1.165, 1.54) is 23.1 Å². The van der Waals surface area contributed by atoms with Gasteiger partial charge in [0.2, 0.25) is 0 Å². The molecule has 1 N–H and O–H groups in total. The molecule has 35 heavy (non-hydrogen) atoms. The molecule has 5 nitrogen and oxygen atoms in total. The Morgan fingerprint density at radius 2 is 1.89 bits per heavy atom. The number of carboxylic acid groups (broad SMARTS) is 1. The average molecular weight is 500 g/mol. The van der Waals surface area contributed by atoms with E-state index in [0.29, 0.717) is 29.7 Å². The lowest BCUT2D eigenvalue weighted by Gasteiger charge is -2.24. The van der Waals surface area contributed by atoms with E-state index in [9.17, 15) is 18.4 Å². The highest BCUT2D eigenvalue weighted by Crippen LogP contribution is 2.38. The van der Waals surface area contributed by atoms with Crippen LogP contribution in [0.4, 0.5) is 8.78 Å². The van der Waals surface area contributed by atoms with Gasteiger partial charge < -0.3 is 14.7 Å². The maximum Gasteiger partial charge on any atom is 0.305 e. The van der Waals surface area contributed by atoms with Gasteiger partial charge in [-0.1, -0.05) is 29.8 Å². The normalized spacial score (nSPS) is 16.5. The lowest BCUT2D eigenvalue weighted by Crippen LogP contribution is -2.33. The third-order valence-corrected chi connectivity index (χ3v) is 6.23. The van der Waals surface area contributed by atoms with E-state index in [-0.39, 0.29) is 30.4 Å². The summed E-state index contributed by atoms with van der Waals surface area (Å²) < 4.78 is 33.3. The molecule has 8 heteroatoms. The van der Waals surface area contributed by atoms with Crippen molar-refractivity contribution >= 4 is 23.5 Å². The van der Waals surface area contributed by atoms with Crippen molar-refractivity contribution in [2.75, 3.05) is 6.54 Å². The first-order valence-electron chi connectivity index (χ1n) is 11.1. The molecule has 0 spiro atoms. The molecule has 0 saturated carbocycles. The number of halogens is 3. The number of amides is 1. The van der Waals surface area contributed by atoms with E-state index in [0.717, 1.165) is 11.1 Å². The summed E-state index contributed by atoms with van der Waals surface area (Å²) in [7, 11) is 0. The van der Waals surface area contributed by atoms with Crippen LogP contribution in [0.25, 0.3) is 0 Å². The highest BCUT2D eigenvalue weighted by atomic mass is 35.5. The van der Waals surface area contributed by atoms with Gasteiger partial charge in [-0.25, -0.2) is 8.78 Å². The van der Waals surface area contributed by atoms with Crippen LogP contribution in [0.1, 0.15) is 40.4 Å². The maximum atomic E-state index is 13.6. The quantitative estimate of drug-likeness (QED) is 0.433. The fourth-order valence-electron chi connectivity index (χ4n) is 4.36. The summed E-state index contributed by atoms with van der Waals surface area (Å²) in [6.45, 7) is 2.01. The minimum Gasteiger partial charge on any atom is -0.487 e. The fourth-order valence-corrected chi connectivity index (χ4v) is 4.56. The van der Waals surface area contributed by atoms with Crippen LogP contribution in [0.5, 0.6) is 5.75 Å². The van der Waals surface area contributed by atoms with Crippen molar-refractivity contribution in [1.29, 1.82) is 0 Å². The van der Waals surface area contributed by atoms with Gasteiger partial charge in [-0.15, -0.1) is 0 Å². The van der Waals surface area contributed by atoms with Gasteiger partial charge in [-0.2, -0.15) is 0 Å². The van der Waals surface area contributed by atoms with Gasteiger partial charge >= 0.3 is 5.97 Å². The second-order valence-corrected chi connectivity index (χ2v) is 9.38. The Morgan fingerprint density at radius 3 is 2.60 bits per heavy atom. The summed E-state index contributed by atoms with van der Waals surface area (Å²) in [6, 6.07) is 15.6. The van der Waals surface area contributed by atoms with Crippen molar-refractivity contribution < 1.29 is 28.2 Å². The molecular weight excluding hydrogens is 476 g/mol.